The van der Waals surface area contributed by atoms with Crippen molar-refractivity contribution < 1.29 is 28.6 Å². The molecule has 0 N–H and O–H groups in total. The number of esters is 3. The van der Waals surface area contributed by atoms with E-state index in [2.05, 4.69) is 118 Å². The monoisotopic (exact) mass is 903 g/mol. The third-order valence-corrected chi connectivity index (χ3v) is 11.1. The summed E-state index contributed by atoms with van der Waals surface area (Å²) in [6, 6.07) is 0. The lowest BCUT2D eigenvalue weighted by molar-refractivity contribution is -0.167. The number of allylic oxidation sites excluding steroid dienone is 16. The van der Waals surface area contributed by atoms with Crippen molar-refractivity contribution in [2.24, 2.45) is 0 Å². The molecule has 0 spiro atoms. The molecule has 6 heteroatoms. The third kappa shape index (κ3) is 51.2. The van der Waals surface area contributed by atoms with Gasteiger partial charge in [-0.1, -0.05) is 201 Å². The van der Waals surface area contributed by atoms with Gasteiger partial charge in [-0.25, -0.2) is 0 Å². The van der Waals surface area contributed by atoms with Crippen LogP contribution in [0.4, 0.5) is 0 Å². The Labute approximate surface area is 400 Å². The average Bonchev–Trinajstić information content (AvgIpc) is 3.30. The minimum absolute atomic E-state index is 0.0987. The van der Waals surface area contributed by atoms with Gasteiger partial charge in [-0.05, 0) is 116 Å². The first-order valence-electron chi connectivity index (χ1n) is 26.7. The Morgan fingerprint density at radius 3 is 0.969 bits per heavy atom. The summed E-state index contributed by atoms with van der Waals surface area (Å²) in [5.41, 5.74) is 0. The second-order valence-corrected chi connectivity index (χ2v) is 17.4. The Kier molecular flexibility index (Phi) is 50.0. The fraction of sp³-hybridized carbons (Fsp3) is 0.678. The first-order chi connectivity index (χ1) is 32.0. The highest BCUT2D eigenvalue weighted by Gasteiger charge is 2.19. The molecule has 0 saturated carbocycles. The molecule has 0 aliphatic heterocycles. The molecule has 0 bridgehead atoms. The number of carbonyl (C=O) groups is 3. The molecule has 0 aromatic carbocycles. The van der Waals surface area contributed by atoms with Crippen molar-refractivity contribution in [3.8, 4) is 0 Å². The molecule has 6 nitrogen and oxygen atoms in total. The van der Waals surface area contributed by atoms with E-state index in [0.29, 0.717) is 19.3 Å². The largest absolute Gasteiger partial charge is 0.462 e. The highest BCUT2D eigenvalue weighted by Crippen LogP contribution is 2.13. The van der Waals surface area contributed by atoms with Gasteiger partial charge >= 0.3 is 17.9 Å². The van der Waals surface area contributed by atoms with Crippen LogP contribution in [-0.4, -0.2) is 37.2 Å². The Morgan fingerprint density at radius 2 is 0.600 bits per heavy atom. The highest BCUT2D eigenvalue weighted by molar-refractivity contribution is 5.71. The van der Waals surface area contributed by atoms with Crippen molar-refractivity contribution in [2.75, 3.05) is 13.2 Å². The summed E-state index contributed by atoms with van der Waals surface area (Å²) in [6.45, 7) is 6.36. The van der Waals surface area contributed by atoms with Crippen molar-refractivity contribution in [2.45, 2.75) is 245 Å². The summed E-state index contributed by atoms with van der Waals surface area (Å²) in [5.74, 6) is -0.951. The summed E-state index contributed by atoms with van der Waals surface area (Å²) >= 11 is 0. The van der Waals surface area contributed by atoms with E-state index in [0.717, 1.165) is 135 Å². The van der Waals surface area contributed by atoms with Crippen LogP contribution < -0.4 is 0 Å². The third-order valence-electron chi connectivity index (χ3n) is 11.1. The van der Waals surface area contributed by atoms with Crippen molar-refractivity contribution >= 4 is 17.9 Å². The molecule has 65 heavy (non-hydrogen) atoms. The van der Waals surface area contributed by atoms with Gasteiger partial charge in [0.1, 0.15) is 13.2 Å². The molecule has 0 saturated heterocycles. The van der Waals surface area contributed by atoms with Gasteiger partial charge < -0.3 is 14.2 Å². The van der Waals surface area contributed by atoms with Crippen LogP contribution >= 0.6 is 0 Å². The van der Waals surface area contributed by atoms with E-state index < -0.39 is 6.10 Å². The summed E-state index contributed by atoms with van der Waals surface area (Å²) in [4.78, 5) is 38.0. The molecular weight excluding hydrogens is 805 g/mol. The molecule has 0 fully saturated rings. The molecule has 1 unspecified atom stereocenters. The minimum atomic E-state index is -0.800. The van der Waals surface area contributed by atoms with Gasteiger partial charge in [0.2, 0.25) is 0 Å². The maximum atomic E-state index is 12.8. The lowest BCUT2D eigenvalue weighted by Crippen LogP contribution is -2.30. The number of ether oxygens (including phenoxy) is 3. The summed E-state index contributed by atoms with van der Waals surface area (Å²) in [7, 11) is 0. The normalized spacial score (nSPS) is 12.8. The van der Waals surface area contributed by atoms with E-state index in [9.17, 15) is 14.4 Å². The van der Waals surface area contributed by atoms with Gasteiger partial charge in [0, 0.05) is 19.3 Å². The van der Waals surface area contributed by atoms with Crippen LogP contribution in [0, 0.1) is 0 Å². The van der Waals surface area contributed by atoms with Gasteiger partial charge in [0.15, 0.2) is 6.10 Å². The van der Waals surface area contributed by atoms with Crippen LogP contribution in [0.25, 0.3) is 0 Å². The van der Waals surface area contributed by atoms with Gasteiger partial charge in [-0.3, -0.25) is 14.4 Å². The molecule has 0 heterocycles. The molecule has 0 aromatic heterocycles. The number of hydrogen-bond donors (Lipinski definition) is 0. The van der Waals surface area contributed by atoms with E-state index >= 15 is 0 Å². The fourth-order valence-corrected chi connectivity index (χ4v) is 7.09. The van der Waals surface area contributed by atoms with Crippen LogP contribution in [0.1, 0.15) is 239 Å². The van der Waals surface area contributed by atoms with Gasteiger partial charge in [0.05, 0.1) is 0 Å². The quantitative estimate of drug-likeness (QED) is 0.0262. The predicted molar refractivity (Wildman–Crippen MR) is 279 cm³/mol. The molecule has 1 atom stereocenters. The minimum Gasteiger partial charge on any atom is -0.462 e. The molecule has 0 aromatic rings. The second-order valence-electron chi connectivity index (χ2n) is 17.4. The number of hydrogen-bond acceptors (Lipinski definition) is 6. The zero-order valence-electron chi connectivity index (χ0n) is 42.2. The van der Waals surface area contributed by atoms with E-state index in [1.165, 1.54) is 64.2 Å². The smallest absolute Gasteiger partial charge is 0.306 e. The molecule has 0 radical (unpaired) electrons. The summed E-state index contributed by atoms with van der Waals surface area (Å²) in [5, 5.41) is 0. The van der Waals surface area contributed by atoms with E-state index in [1.807, 2.05) is 0 Å². The first kappa shape index (κ1) is 61.3. The molecule has 0 rings (SSSR count). The van der Waals surface area contributed by atoms with Crippen LogP contribution in [0.5, 0.6) is 0 Å². The fourth-order valence-electron chi connectivity index (χ4n) is 7.09. The predicted octanol–water partition coefficient (Wildman–Crippen LogP) is 17.8. The Bertz CT molecular complexity index is 1310. The van der Waals surface area contributed by atoms with E-state index in [1.54, 1.807) is 0 Å². The van der Waals surface area contributed by atoms with Crippen LogP contribution in [0.3, 0.4) is 0 Å². The zero-order chi connectivity index (χ0) is 47.2. The summed E-state index contributed by atoms with van der Waals surface area (Å²) in [6.07, 6.45) is 69.6. The molecule has 370 valence electrons. The number of unbranched alkanes of at least 4 members (excludes halogenated alkanes) is 20. The maximum Gasteiger partial charge on any atom is 0.306 e. The van der Waals surface area contributed by atoms with Gasteiger partial charge in [0.25, 0.3) is 0 Å². The van der Waals surface area contributed by atoms with Crippen molar-refractivity contribution in [3.05, 3.63) is 97.2 Å². The second kappa shape index (κ2) is 52.9. The van der Waals surface area contributed by atoms with Crippen molar-refractivity contribution in [3.63, 3.8) is 0 Å². The standard InChI is InChI=1S/C59H98O6/c1-4-7-10-13-16-19-22-25-27-28-29-30-32-34-37-40-43-46-49-52-58(61)64-55-56(54-63-57(60)51-48-45-42-39-36-33-24-21-18-15-12-9-6-3)65-59(62)53-50-47-44-41-38-35-31-26-23-20-17-14-11-8-5-2/h7,9-10,12,16,18-19,21,25-27,29-31,33,36,56H,4-6,8,11,13-15,17,20,22-24,28,32,34-35,37-55H2,1-3H3/b10-7-,12-9-,19-16-,21-18-,27-25-,30-29-,31-26-,36-33-. The van der Waals surface area contributed by atoms with E-state index in [4.69, 9.17) is 14.2 Å². The number of carbonyl (C=O) groups excluding carboxylic acids is 3. The molecule has 0 aliphatic carbocycles. The number of rotatable bonds is 47. The zero-order valence-corrected chi connectivity index (χ0v) is 42.2. The van der Waals surface area contributed by atoms with Crippen LogP contribution in [0.15, 0.2) is 97.2 Å². The van der Waals surface area contributed by atoms with Crippen LogP contribution in [-0.2, 0) is 28.6 Å². The lowest BCUT2D eigenvalue weighted by atomic mass is 10.1. The van der Waals surface area contributed by atoms with Crippen molar-refractivity contribution in [1.29, 1.82) is 0 Å². The Balaban J connectivity index is 4.45. The lowest BCUT2D eigenvalue weighted by Gasteiger charge is -2.18. The Hall–Kier alpha value is -3.67. The topological polar surface area (TPSA) is 78.9 Å². The van der Waals surface area contributed by atoms with Gasteiger partial charge in [-0.15, -0.1) is 0 Å². The molecule has 0 amide bonds. The van der Waals surface area contributed by atoms with Crippen LogP contribution in [0.2, 0.25) is 0 Å². The summed E-state index contributed by atoms with van der Waals surface area (Å²) < 4.78 is 16.8. The molecular formula is C59H98O6. The average molecular weight is 903 g/mol. The maximum absolute atomic E-state index is 12.8. The van der Waals surface area contributed by atoms with Gasteiger partial charge in [-0.2, -0.15) is 0 Å². The van der Waals surface area contributed by atoms with E-state index in [-0.39, 0.29) is 31.1 Å². The SMILES string of the molecule is CC/C=C\C/C=C\C/C=C\C/C=C\CCCCCCCCC(=O)OCC(COC(=O)CCCCC/C=C\C/C=C\C/C=C\CC)OC(=O)CCCCCCC/C=C\CCCCCCCC. The highest BCUT2D eigenvalue weighted by atomic mass is 16.6. The Morgan fingerprint density at radius 1 is 0.323 bits per heavy atom. The van der Waals surface area contributed by atoms with Crippen molar-refractivity contribution in [1.82, 2.24) is 0 Å². The molecule has 0 aliphatic rings. The first-order valence-corrected chi connectivity index (χ1v) is 26.7.